The minimum Gasteiger partial charge on any atom is -0.455 e. The van der Waals surface area contributed by atoms with Crippen molar-refractivity contribution in [2.75, 3.05) is 0 Å². The summed E-state index contributed by atoms with van der Waals surface area (Å²) in [6.45, 7) is 0. The molecule has 1 aliphatic heterocycles. The Kier molecular flexibility index (Phi) is 2.93. The maximum absolute atomic E-state index is 13.2. The van der Waals surface area contributed by atoms with E-state index in [0.29, 0.717) is 0 Å². The van der Waals surface area contributed by atoms with Gasteiger partial charge in [-0.15, -0.1) is 0 Å². The first kappa shape index (κ1) is 12.5. The zero-order chi connectivity index (χ0) is 14.2. The molecule has 0 saturated carbocycles. The lowest BCUT2D eigenvalue weighted by molar-refractivity contribution is 0.453. The largest absolute Gasteiger partial charge is 0.455 e. The molecule has 0 spiro atoms. The molecule has 0 amide bonds. The summed E-state index contributed by atoms with van der Waals surface area (Å²) in [5.74, 6) is 1.59. The van der Waals surface area contributed by atoms with Gasteiger partial charge >= 0.3 is 0 Å². The van der Waals surface area contributed by atoms with Crippen molar-refractivity contribution >= 4 is 10.9 Å². The summed E-state index contributed by atoms with van der Waals surface area (Å²) in [6, 6.07) is 23.0. The maximum atomic E-state index is 13.2. The molecule has 0 N–H and O–H groups in total. The molecule has 0 radical (unpaired) electrons. The molecule has 3 heteroatoms. The number of halogens is 1. The molecule has 0 atom stereocenters. The number of thiol groups is 1. The summed E-state index contributed by atoms with van der Waals surface area (Å²) < 4.78 is 19.2. The first-order valence-corrected chi connectivity index (χ1v) is 8.09. The van der Waals surface area contributed by atoms with E-state index in [0.717, 1.165) is 16.4 Å². The number of ether oxygens (including phenoxy) is 1. The molecule has 0 unspecified atom stereocenters. The first-order chi connectivity index (χ1) is 10.3. The summed E-state index contributed by atoms with van der Waals surface area (Å²) >= 11 is 0. The molecule has 1 nitrogen and oxygen atoms in total. The molecule has 0 aliphatic carbocycles. The number of para-hydroxylation sites is 2. The summed E-state index contributed by atoms with van der Waals surface area (Å²) in [5, 5.41) is 0. The van der Waals surface area contributed by atoms with Crippen molar-refractivity contribution in [3.8, 4) is 11.5 Å². The Balaban J connectivity index is 1.95. The van der Waals surface area contributed by atoms with Gasteiger partial charge < -0.3 is 4.74 Å². The van der Waals surface area contributed by atoms with E-state index < -0.39 is 10.9 Å². The van der Waals surface area contributed by atoms with E-state index in [1.54, 1.807) is 0 Å². The lowest BCUT2D eigenvalue weighted by Crippen LogP contribution is -2.00. The minimum atomic E-state index is -0.703. The predicted molar refractivity (Wildman–Crippen MR) is 83.1 cm³/mol. The van der Waals surface area contributed by atoms with Gasteiger partial charge in [0.25, 0.3) is 0 Å². The second-order valence-corrected chi connectivity index (χ2v) is 7.00. The minimum absolute atomic E-state index is 0.205. The SMILES string of the molecule is Fc1ccc([SH]2c3ccccc3Oc3ccccc32)cc1. The molecule has 0 bridgehead atoms. The number of fused-ring (bicyclic) bond motifs is 2. The summed E-state index contributed by atoms with van der Waals surface area (Å²) in [7, 11) is -0.703. The Hall–Kier alpha value is -2.26. The number of hydrogen-bond donors (Lipinski definition) is 1. The topological polar surface area (TPSA) is 9.23 Å². The van der Waals surface area contributed by atoms with E-state index in [2.05, 4.69) is 12.1 Å². The zero-order valence-corrected chi connectivity index (χ0v) is 12.1. The van der Waals surface area contributed by atoms with Crippen molar-refractivity contribution in [2.45, 2.75) is 14.7 Å². The van der Waals surface area contributed by atoms with E-state index >= 15 is 0 Å². The third-order valence-corrected chi connectivity index (χ3v) is 6.03. The van der Waals surface area contributed by atoms with Gasteiger partial charge in [0, 0.05) is 9.79 Å². The van der Waals surface area contributed by atoms with Crippen LogP contribution < -0.4 is 4.74 Å². The molecule has 0 saturated heterocycles. The van der Waals surface area contributed by atoms with E-state index in [1.807, 2.05) is 48.5 Å². The molecule has 4 rings (SSSR count). The van der Waals surface area contributed by atoms with Gasteiger partial charge in [-0.05, 0) is 53.4 Å². The van der Waals surface area contributed by atoms with Gasteiger partial charge in [0.1, 0.15) is 17.3 Å². The molecular weight excluding hydrogens is 283 g/mol. The molecule has 3 aromatic carbocycles. The van der Waals surface area contributed by atoms with Crippen molar-refractivity contribution in [3.63, 3.8) is 0 Å². The van der Waals surface area contributed by atoms with E-state index in [4.69, 9.17) is 4.74 Å². The highest BCUT2D eigenvalue weighted by Gasteiger charge is 2.25. The van der Waals surface area contributed by atoms with Gasteiger partial charge in [-0.2, -0.15) is 10.9 Å². The van der Waals surface area contributed by atoms with Crippen molar-refractivity contribution < 1.29 is 9.13 Å². The highest BCUT2D eigenvalue weighted by atomic mass is 32.2. The Morgan fingerprint density at radius 2 is 1.19 bits per heavy atom. The van der Waals surface area contributed by atoms with E-state index in [1.165, 1.54) is 21.9 Å². The highest BCUT2D eigenvalue weighted by molar-refractivity contribution is 8.17. The van der Waals surface area contributed by atoms with Crippen LogP contribution in [0.5, 0.6) is 11.5 Å². The van der Waals surface area contributed by atoms with Crippen molar-refractivity contribution in [3.05, 3.63) is 78.6 Å². The Labute approximate surface area is 125 Å². The molecule has 21 heavy (non-hydrogen) atoms. The van der Waals surface area contributed by atoms with Crippen LogP contribution in [0.4, 0.5) is 4.39 Å². The third-order valence-electron chi connectivity index (χ3n) is 3.52. The van der Waals surface area contributed by atoms with Crippen molar-refractivity contribution in [1.82, 2.24) is 0 Å². The number of hydrogen-bond acceptors (Lipinski definition) is 1. The fourth-order valence-corrected chi connectivity index (χ4v) is 4.99. The predicted octanol–water partition coefficient (Wildman–Crippen LogP) is 5.41. The molecule has 1 heterocycles. The molecule has 0 aromatic heterocycles. The number of benzene rings is 3. The van der Waals surface area contributed by atoms with Gasteiger partial charge in [0.15, 0.2) is 0 Å². The lowest BCUT2D eigenvalue weighted by atomic mass is 10.3. The smallest absolute Gasteiger partial charge is 0.139 e. The molecular formula is C18H13FOS. The van der Waals surface area contributed by atoms with Crippen LogP contribution in [0.15, 0.2) is 87.5 Å². The van der Waals surface area contributed by atoms with Crippen LogP contribution in [0.3, 0.4) is 0 Å². The normalized spacial score (nSPS) is 14.0. The monoisotopic (exact) mass is 296 g/mol. The summed E-state index contributed by atoms with van der Waals surface area (Å²) in [5.41, 5.74) is 0. The van der Waals surface area contributed by atoms with Crippen LogP contribution in [-0.2, 0) is 0 Å². The van der Waals surface area contributed by atoms with E-state index in [-0.39, 0.29) is 5.82 Å². The van der Waals surface area contributed by atoms with Crippen LogP contribution in [0, 0.1) is 5.82 Å². The van der Waals surface area contributed by atoms with Gasteiger partial charge in [-0.3, -0.25) is 0 Å². The van der Waals surface area contributed by atoms with Crippen molar-refractivity contribution in [1.29, 1.82) is 0 Å². The van der Waals surface area contributed by atoms with Crippen molar-refractivity contribution in [2.24, 2.45) is 0 Å². The second kappa shape index (κ2) is 4.93. The molecule has 0 fully saturated rings. The Morgan fingerprint density at radius 1 is 0.667 bits per heavy atom. The quantitative estimate of drug-likeness (QED) is 0.462. The average Bonchev–Trinajstić information content (AvgIpc) is 2.53. The molecule has 104 valence electrons. The van der Waals surface area contributed by atoms with Crippen LogP contribution in [0.1, 0.15) is 0 Å². The zero-order valence-electron chi connectivity index (χ0n) is 11.2. The molecule has 3 aromatic rings. The Morgan fingerprint density at radius 3 is 1.76 bits per heavy atom. The van der Waals surface area contributed by atoms with Crippen LogP contribution in [-0.4, -0.2) is 0 Å². The maximum Gasteiger partial charge on any atom is 0.139 e. The van der Waals surface area contributed by atoms with Gasteiger partial charge in [-0.1, -0.05) is 24.3 Å². The summed E-state index contributed by atoms with van der Waals surface area (Å²) in [4.78, 5) is 3.49. The second-order valence-electron chi connectivity index (χ2n) is 4.85. The third kappa shape index (κ3) is 2.10. The molecule has 1 aliphatic rings. The highest BCUT2D eigenvalue weighted by Crippen LogP contribution is 2.61. The van der Waals surface area contributed by atoms with E-state index in [9.17, 15) is 4.39 Å². The lowest BCUT2D eigenvalue weighted by Gasteiger charge is -2.31. The van der Waals surface area contributed by atoms with Crippen LogP contribution in [0.25, 0.3) is 0 Å². The summed E-state index contributed by atoms with van der Waals surface area (Å²) in [6.07, 6.45) is 0. The fraction of sp³-hybridized carbons (Fsp3) is 0. The van der Waals surface area contributed by atoms with Crippen LogP contribution >= 0.6 is 10.9 Å². The number of rotatable bonds is 1. The van der Waals surface area contributed by atoms with Crippen LogP contribution in [0.2, 0.25) is 0 Å². The standard InChI is InChI=1S/C18H13FOS/c19-13-9-11-14(12-10-13)21-17-7-3-1-5-15(17)20-16-6-2-4-8-18(16)21/h1-12,21H. The fourth-order valence-electron chi connectivity index (χ4n) is 2.57. The average molecular weight is 296 g/mol. The first-order valence-electron chi connectivity index (χ1n) is 6.74. The van der Waals surface area contributed by atoms with Gasteiger partial charge in [-0.25, -0.2) is 4.39 Å². The Bertz CT molecular complexity index is 753. The van der Waals surface area contributed by atoms with Gasteiger partial charge in [0.2, 0.25) is 0 Å². The van der Waals surface area contributed by atoms with Gasteiger partial charge in [0.05, 0.1) is 0 Å².